The first-order valence-electron chi connectivity index (χ1n) is 7.41. The van der Waals surface area contributed by atoms with Crippen molar-refractivity contribution < 1.29 is 9.90 Å². The average Bonchev–Trinajstić information content (AvgIpc) is 2.87. The molecule has 0 aliphatic carbocycles. The van der Waals surface area contributed by atoms with Crippen molar-refractivity contribution in [2.45, 2.75) is 26.4 Å². The Balaban J connectivity index is 2.21. The molecular formula is C17H23N3O2. The molecule has 0 fully saturated rings. The van der Waals surface area contributed by atoms with E-state index < -0.39 is 5.60 Å². The fraction of sp³-hybridized carbons (Fsp3) is 0.412. The lowest BCUT2D eigenvalue weighted by Gasteiger charge is -2.27. The standard InChI is InChI=1S/C17H23N3O2/c1-12(2)17(3,22)11-18-16(21)14-10-20(4)19-15(14)13-8-6-5-7-9-13/h5-10,12,22H,11H2,1-4H3,(H,18,21). The van der Waals surface area contributed by atoms with Crippen molar-refractivity contribution in [2.75, 3.05) is 6.54 Å². The predicted octanol–water partition coefficient (Wildman–Crippen LogP) is 2.22. The van der Waals surface area contributed by atoms with Gasteiger partial charge >= 0.3 is 0 Å². The molecule has 0 spiro atoms. The van der Waals surface area contributed by atoms with Crippen LogP contribution in [0.2, 0.25) is 0 Å². The van der Waals surface area contributed by atoms with E-state index in [4.69, 9.17) is 0 Å². The number of rotatable bonds is 5. The zero-order valence-corrected chi connectivity index (χ0v) is 13.5. The Labute approximate surface area is 131 Å². The van der Waals surface area contributed by atoms with Crippen LogP contribution in [0.5, 0.6) is 0 Å². The Morgan fingerprint density at radius 1 is 1.36 bits per heavy atom. The van der Waals surface area contributed by atoms with Crippen LogP contribution in [0, 0.1) is 5.92 Å². The first-order valence-corrected chi connectivity index (χ1v) is 7.41. The van der Waals surface area contributed by atoms with Crippen molar-refractivity contribution in [3.05, 3.63) is 42.1 Å². The number of amides is 1. The first-order chi connectivity index (χ1) is 10.3. The molecule has 1 amide bonds. The Morgan fingerprint density at radius 3 is 2.59 bits per heavy atom. The lowest BCUT2D eigenvalue weighted by atomic mass is 9.92. The summed E-state index contributed by atoms with van der Waals surface area (Å²) in [5.74, 6) is -0.178. The highest BCUT2D eigenvalue weighted by atomic mass is 16.3. The van der Waals surface area contributed by atoms with Crippen LogP contribution in [-0.2, 0) is 7.05 Å². The average molecular weight is 301 g/mol. The van der Waals surface area contributed by atoms with Gasteiger partial charge in [-0.05, 0) is 12.8 Å². The molecule has 22 heavy (non-hydrogen) atoms. The molecule has 1 unspecified atom stereocenters. The van der Waals surface area contributed by atoms with E-state index in [0.717, 1.165) is 5.56 Å². The van der Waals surface area contributed by atoms with Gasteiger partial charge in [-0.15, -0.1) is 0 Å². The normalized spacial score (nSPS) is 13.9. The third-order valence-corrected chi connectivity index (χ3v) is 3.97. The maximum atomic E-state index is 12.4. The van der Waals surface area contributed by atoms with Crippen molar-refractivity contribution >= 4 is 5.91 Å². The first kappa shape index (κ1) is 16.2. The third kappa shape index (κ3) is 3.54. The fourth-order valence-electron chi connectivity index (χ4n) is 2.02. The summed E-state index contributed by atoms with van der Waals surface area (Å²) in [5.41, 5.74) is 1.10. The summed E-state index contributed by atoms with van der Waals surface area (Å²) >= 11 is 0. The van der Waals surface area contributed by atoms with Gasteiger partial charge in [0, 0.05) is 25.4 Å². The number of hydrogen-bond donors (Lipinski definition) is 2. The number of carbonyl (C=O) groups is 1. The molecule has 1 aromatic carbocycles. The Bertz CT molecular complexity index is 645. The van der Waals surface area contributed by atoms with E-state index in [0.29, 0.717) is 11.3 Å². The van der Waals surface area contributed by atoms with Gasteiger partial charge in [0.2, 0.25) is 0 Å². The number of carbonyl (C=O) groups excluding carboxylic acids is 1. The summed E-state index contributed by atoms with van der Waals surface area (Å²) < 4.78 is 1.62. The highest BCUT2D eigenvalue weighted by molar-refractivity contribution is 5.99. The van der Waals surface area contributed by atoms with E-state index in [1.807, 2.05) is 44.2 Å². The van der Waals surface area contributed by atoms with Crippen molar-refractivity contribution in [1.29, 1.82) is 0 Å². The Hall–Kier alpha value is -2.14. The smallest absolute Gasteiger partial charge is 0.255 e. The van der Waals surface area contributed by atoms with Gasteiger partial charge in [0.15, 0.2) is 0 Å². The minimum Gasteiger partial charge on any atom is -0.388 e. The number of nitrogens with one attached hydrogen (secondary N) is 1. The van der Waals surface area contributed by atoms with Crippen molar-refractivity contribution in [2.24, 2.45) is 13.0 Å². The molecule has 0 aliphatic rings. The monoisotopic (exact) mass is 301 g/mol. The van der Waals surface area contributed by atoms with Crippen LogP contribution in [0.25, 0.3) is 11.3 Å². The number of aliphatic hydroxyl groups is 1. The van der Waals surface area contributed by atoms with Crippen LogP contribution in [0.1, 0.15) is 31.1 Å². The van der Waals surface area contributed by atoms with Gasteiger partial charge in [0.25, 0.3) is 5.91 Å². The van der Waals surface area contributed by atoms with E-state index in [1.165, 1.54) is 0 Å². The third-order valence-electron chi connectivity index (χ3n) is 3.97. The van der Waals surface area contributed by atoms with E-state index in [-0.39, 0.29) is 18.4 Å². The van der Waals surface area contributed by atoms with Gasteiger partial charge in [-0.1, -0.05) is 44.2 Å². The van der Waals surface area contributed by atoms with Gasteiger partial charge in [0.1, 0.15) is 5.69 Å². The molecule has 5 nitrogen and oxygen atoms in total. The molecule has 0 radical (unpaired) electrons. The molecule has 1 atom stereocenters. The lowest BCUT2D eigenvalue weighted by Crippen LogP contribution is -2.44. The predicted molar refractivity (Wildman–Crippen MR) is 86.4 cm³/mol. The minimum atomic E-state index is -0.940. The summed E-state index contributed by atoms with van der Waals surface area (Å²) in [5, 5.41) is 17.4. The van der Waals surface area contributed by atoms with E-state index in [2.05, 4.69) is 10.4 Å². The summed E-state index contributed by atoms with van der Waals surface area (Å²) in [6, 6.07) is 9.59. The maximum Gasteiger partial charge on any atom is 0.255 e. The molecule has 1 heterocycles. The van der Waals surface area contributed by atoms with Crippen molar-refractivity contribution in [1.82, 2.24) is 15.1 Å². The molecule has 0 aliphatic heterocycles. The summed E-state index contributed by atoms with van der Waals surface area (Å²) in [7, 11) is 1.79. The highest BCUT2D eigenvalue weighted by Gasteiger charge is 2.26. The van der Waals surface area contributed by atoms with E-state index >= 15 is 0 Å². The summed E-state index contributed by atoms with van der Waals surface area (Å²) in [6.07, 6.45) is 1.70. The molecule has 0 saturated carbocycles. The molecule has 118 valence electrons. The van der Waals surface area contributed by atoms with Gasteiger partial charge in [0.05, 0.1) is 11.2 Å². The van der Waals surface area contributed by atoms with Gasteiger partial charge < -0.3 is 10.4 Å². The van der Waals surface area contributed by atoms with Crippen LogP contribution in [0.15, 0.2) is 36.5 Å². The SMILES string of the molecule is CC(C)C(C)(O)CNC(=O)c1cn(C)nc1-c1ccccc1. The maximum absolute atomic E-state index is 12.4. The number of aryl methyl sites for hydroxylation is 1. The van der Waals surface area contributed by atoms with Gasteiger partial charge in [-0.3, -0.25) is 9.48 Å². The largest absolute Gasteiger partial charge is 0.388 e. The molecule has 5 heteroatoms. The molecule has 2 N–H and O–H groups in total. The second-order valence-electron chi connectivity index (χ2n) is 6.13. The molecule has 2 aromatic rings. The molecule has 0 saturated heterocycles. The Morgan fingerprint density at radius 2 is 2.00 bits per heavy atom. The van der Waals surface area contributed by atoms with Crippen molar-refractivity contribution in [3.8, 4) is 11.3 Å². The van der Waals surface area contributed by atoms with Crippen LogP contribution in [0.3, 0.4) is 0 Å². The second kappa shape index (κ2) is 6.32. The second-order valence-corrected chi connectivity index (χ2v) is 6.13. The fourth-order valence-corrected chi connectivity index (χ4v) is 2.02. The number of aromatic nitrogens is 2. The van der Waals surface area contributed by atoms with Crippen LogP contribution < -0.4 is 5.32 Å². The lowest BCUT2D eigenvalue weighted by molar-refractivity contribution is 0.0142. The highest BCUT2D eigenvalue weighted by Crippen LogP contribution is 2.22. The number of hydrogen-bond acceptors (Lipinski definition) is 3. The van der Waals surface area contributed by atoms with Crippen LogP contribution >= 0.6 is 0 Å². The quantitative estimate of drug-likeness (QED) is 0.890. The molecule has 0 bridgehead atoms. The number of nitrogens with zero attached hydrogens (tertiary/aromatic N) is 2. The van der Waals surface area contributed by atoms with Crippen LogP contribution in [-0.4, -0.2) is 32.9 Å². The summed E-state index contributed by atoms with van der Waals surface area (Å²) in [4.78, 5) is 12.4. The molecule has 1 aromatic heterocycles. The molecular weight excluding hydrogens is 278 g/mol. The summed E-state index contributed by atoms with van der Waals surface area (Å²) in [6.45, 7) is 5.77. The van der Waals surface area contributed by atoms with Gasteiger partial charge in [-0.2, -0.15) is 5.10 Å². The minimum absolute atomic E-state index is 0.0512. The topological polar surface area (TPSA) is 67.2 Å². The zero-order chi connectivity index (χ0) is 16.3. The zero-order valence-electron chi connectivity index (χ0n) is 13.5. The van der Waals surface area contributed by atoms with E-state index in [1.54, 1.807) is 24.9 Å². The number of benzene rings is 1. The Kier molecular flexibility index (Phi) is 4.66. The molecule has 2 rings (SSSR count). The van der Waals surface area contributed by atoms with E-state index in [9.17, 15) is 9.90 Å². The van der Waals surface area contributed by atoms with Crippen molar-refractivity contribution in [3.63, 3.8) is 0 Å². The van der Waals surface area contributed by atoms with Crippen LogP contribution in [0.4, 0.5) is 0 Å². The van der Waals surface area contributed by atoms with Gasteiger partial charge in [-0.25, -0.2) is 0 Å².